The molecule has 0 radical (unpaired) electrons. The highest BCUT2D eigenvalue weighted by molar-refractivity contribution is 5.35. The number of pyridine rings is 1. The lowest BCUT2D eigenvalue weighted by Crippen LogP contribution is -2.31. The minimum absolute atomic E-state index is 0.291. The molecule has 2 aromatic rings. The standard InChI is InChI=1S/C14H18N6/c15-13-17-12(9-11-5-4-6-16-10-11)18-14(19-13)20-7-2-1-3-8-20/h4-6,10H,1-3,7-9H2,(H2,15,17,18,19). The molecule has 1 saturated heterocycles. The fourth-order valence-corrected chi connectivity index (χ4v) is 2.42. The highest BCUT2D eigenvalue weighted by Crippen LogP contribution is 2.17. The van der Waals surface area contributed by atoms with Crippen molar-refractivity contribution < 1.29 is 0 Å². The monoisotopic (exact) mass is 270 g/mol. The van der Waals surface area contributed by atoms with Crippen LogP contribution in [-0.4, -0.2) is 33.0 Å². The average molecular weight is 270 g/mol. The fraction of sp³-hybridized carbons (Fsp3) is 0.429. The molecule has 104 valence electrons. The van der Waals surface area contributed by atoms with Crippen LogP contribution in [0.3, 0.4) is 0 Å². The summed E-state index contributed by atoms with van der Waals surface area (Å²) in [5, 5.41) is 0. The Balaban J connectivity index is 1.82. The van der Waals surface area contributed by atoms with E-state index in [0.29, 0.717) is 24.1 Å². The van der Waals surface area contributed by atoms with E-state index in [2.05, 4.69) is 24.8 Å². The van der Waals surface area contributed by atoms with Crippen LogP contribution in [0.25, 0.3) is 0 Å². The van der Waals surface area contributed by atoms with E-state index in [1.54, 1.807) is 6.20 Å². The predicted molar refractivity (Wildman–Crippen MR) is 77.3 cm³/mol. The van der Waals surface area contributed by atoms with Gasteiger partial charge in [-0.1, -0.05) is 6.07 Å². The maximum atomic E-state index is 5.82. The maximum absolute atomic E-state index is 5.82. The molecule has 3 rings (SSSR count). The summed E-state index contributed by atoms with van der Waals surface area (Å²) in [6, 6.07) is 3.92. The Kier molecular flexibility index (Phi) is 3.71. The molecule has 1 aliphatic rings. The van der Waals surface area contributed by atoms with Crippen molar-refractivity contribution >= 4 is 11.9 Å². The van der Waals surface area contributed by atoms with Gasteiger partial charge in [0.2, 0.25) is 11.9 Å². The molecule has 3 heterocycles. The van der Waals surface area contributed by atoms with Crippen molar-refractivity contribution in [3.05, 3.63) is 35.9 Å². The van der Waals surface area contributed by atoms with E-state index >= 15 is 0 Å². The minimum atomic E-state index is 0.291. The van der Waals surface area contributed by atoms with Gasteiger partial charge in [-0.05, 0) is 30.9 Å². The number of anilines is 2. The number of piperidine rings is 1. The van der Waals surface area contributed by atoms with Gasteiger partial charge in [-0.3, -0.25) is 4.98 Å². The van der Waals surface area contributed by atoms with Crippen molar-refractivity contribution in [2.24, 2.45) is 0 Å². The summed E-state index contributed by atoms with van der Waals surface area (Å²) in [6.45, 7) is 1.99. The van der Waals surface area contributed by atoms with Crippen LogP contribution in [0.5, 0.6) is 0 Å². The summed E-state index contributed by atoms with van der Waals surface area (Å²) in [7, 11) is 0. The van der Waals surface area contributed by atoms with Gasteiger partial charge in [-0.15, -0.1) is 0 Å². The molecule has 20 heavy (non-hydrogen) atoms. The first-order chi connectivity index (χ1) is 9.81. The van der Waals surface area contributed by atoms with E-state index < -0.39 is 0 Å². The zero-order valence-electron chi connectivity index (χ0n) is 11.4. The molecular formula is C14H18N6. The van der Waals surface area contributed by atoms with Crippen LogP contribution < -0.4 is 10.6 Å². The molecule has 6 nitrogen and oxygen atoms in total. The van der Waals surface area contributed by atoms with Crippen LogP contribution in [0, 0.1) is 0 Å². The average Bonchev–Trinajstić information content (AvgIpc) is 2.49. The molecule has 0 bridgehead atoms. The normalized spacial score (nSPS) is 15.3. The van der Waals surface area contributed by atoms with Gasteiger partial charge in [0.1, 0.15) is 5.82 Å². The third kappa shape index (κ3) is 3.01. The van der Waals surface area contributed by atoms with Crippen LogP contribution in [0.2, 0.25) is 0 Å². The highest BCUT2D eigenvalue weighted by atomic mass is 15.3. The SMILES string of the molecule is Nc1nc(Cc2cccnc2)nc(N2CCCCC2)n1. The highest BCUT2D eigenvalue weighted by Gasteiger charge is 2.15. The van der Waals surface area contributed by atoms with Gasteiger partial charge >= 0.3 is 0 Å². The van der Waals surface area contributed by atoms with E-state index in [0.717, 1.165) is 18.7 Å². The zero-order chi connectivity index (χ0) is 13.8. The second kappa shape index (κ2) is 5.81. The number of rotatable bonds is 3. The van der Waals surface area contributed by atoms with Gasteiger partial charge in [0.05, 0.1) is 0 Å². The second-order valence-corrected chi connectivity index (χ2v) is 5.00. The first kappa shape index (κ1) is 12.8. The van der Waals surface area contributed by atoms with E-state index in [1.165, 1.54) is 19.3 Å². The molecule has 6 heteroatoms. The lowest BCUT2D eigenvalue weighted by Gasteiger charge is -2.26. The summed E-state index contributed by atoms with van der Waals surface area (Å²) in [5.74, 6) is 1.70. The van der Waals surface area contributed by atoms with Crippen molar-refractivity contribution in [1.29, 1.82) is 0 Å². The maximum Gasteiger partial charge on any atom is 0.230 e. The van der Waals surface area contributed by atoms with Gasteiger partial charge < -0.3 is 10.6 Å². The Labute approximate surface area is 118 Å². The number of hydrogen-bond acceptors (Lipinski definition) is 6. The van der Waals surface area contributed by atoms with E-state index in [9.17, 15) is 0 Å². The van der Waals surface area contributed by atoms with Crippen molar-refractivity contribution in [2.75, 3.05) is 23.7 Å². The van der Waals surface area contributed by atoms with Gasteiger partial charge in [0, 0.05) is 31.9 Å². The Morgan fingerprint density at radius 3 is 2.70 bits per heavy atom. The second-order valence-electron chi connectivity index (χ2n) is 5.00. The molecule has 0 aliphatic carbocycles. The minimum Gasteiger partial charge on any atom is -0.368 e. The molecule has 2 N–H and O–H groups in total. The van der Waals surface area contributed by atoms with E-state index in [4.69, 9.17) is 5.73 Å². The Bertz CT molecular complexity index is 565. The number of nitrogen functional groups attached to an aromatic ring is 1. The van der Waals surface area contributed by atoms with E-state index in [1.807, 2.05) is 18.3 Å². The Morgan fingerprint density at radius 2 is 1.95 bits per heavy atom. The Hall–Kier alpha value is -2.24. The molecule has 1 aliphatic heterocycles. The van der Waals surface area contributed by atoms with Crippen molar-refractivity contribution in [2.45, 2.75) is 25.7 Å². The number of nitrogens with zero attached hydrogens (tertiary/aromatic N) is 5. The van der Waals surface area contributed by atoms with Crippen LogP contribution in [0.1, 0.15) is 30.7 Å². The summed E-state index contributed by atoms with van der Waals surface area (Å²) >= 11 is 0. The molecular weight excluding hydrogens is 252 g/mol. The third-order valence-electron chi connectivity index (χ3n) is 3.41. The Morgan fingerprint density at radius 1 is 1.10 bits per heavy atom. The first-order valence-corrected chi connectivity index (χ1v) is 6.95. The van der Waals surface area contributed by atoms with Crippen LogP contribution in [0.4, 0.5) is 11.9 Å². The molecule has 2 aromatic heterocycles. The third-order valence-corrected chi connectivity index (χ3v) is 3.41. The largest absolute Gasteiger partial charge is 0.368 e. The topological polar surface area (TPSA) is 80.8 Å². The van der Waals surface area contributed by atoms with E-state index in [-0.39, 0.29) is 0 Å². The summed E-state index contributed by atoms with van der Waals surface area (Å²) in [6.07, 6.45) is 7.85. The summed E-state index contributed by atoms with van der Waals surface area (Å²) in [4.78, 5) is 19.3. The zero-order valence-corrected chi connectivity index (χ0v) is 11.4. The molecule has 1 fully saturated rings. The molecule has 0 saturated carbocycles. The summed E-state index contributed by atoms with van der Waals surface area (Å²) in [5.41, 5.74) is 6.89. The van der Waals surface area contributed by atoms with Crippen molar-refractivity contribution in [1.82, 2.24) is 19.9 Å². The first-order valence-electron chi connectivity index (χ1n) is 6.95. The van der Waals surface area contributed by atoms with Crippen molar-refractivity contribution in [3.8, 4) is 0 Å². The number of hydrogen-bond donors (Lipinski definition) is 1. The van der Waals surface area contributed by atoms with Gasteiger partial charge in [0.15, 0.2) is 0 Å². The quantitative estimate of drug-likeness (QED) is 0.908. The van der Waals surface area contributed by atoms with Crippen LogP contribution in [0.15, 0.2) is 24.5 Å². The van der Waals surface area contributed by atoms with Gasteiger partial charge in [-0.2, -0.15) is 15.0 Å². The molecule has 0 amide bonds. The van der Waals surface area contributed by atoms with Crippen molar-refractivity contribution in [3.63, 3.8) is 0 Å². The molecule has 0 unspecified atom stereocenters. The lowest BCUT2D eigenvalue weighted by molar-refractivity contribution is 0.566. The number of nitrogens with two attached hydrogens (primary N) is 1. The van der Waals surface area contributed by atoms with Gasteiger partial charge in [0.25, 0.3) is 0 Å². The lowest BCUT2D eigenvalue weighted by atomic mass is 10.1. The predicted octanol–water partition coefficient (Wildman–Crippen LogP) is 1.43. The molecule has 0 aromatic carbocycles. The van der Waals surface area contributed by atoms with Crippen LogP contribution >= 0.6 is 0 Å². The fourth-order valence-electron chi connectivity index (χ4n) is 2.42. The van der Waals surface area contributed by atoms with Gasteiger partial charge in [-0.25, -0.2) is 0 Å². The number of aromatic nitrogens is 4. The molecule has 0 spiro atoms. The van der Waals surface area contributed by atoms with Crippen LogP contribution in [-0.2, 0) is 6.42 Å². The smallest absolute Gasteiger partial charge is 0.230 e. The molecule has 0 atom stereocenters. The summed E-state index contributed by atoms with van der Waals surface area (Å²) < 4.78 is 0.